The van der Waals surface area contributed by atoms with Gasteiger partial charge in [0.25, 0.3) is 0 Å². The van der Waals surface area contributed by atoms with Gasteiger partial charge in [0.15, 0.2) is 0 Å². The summed E-state index contributed by atoms with van der Waals surface area (Å²) in [4.78, 5) is 9.78. The van der Waals surface area contributed by atoms with Gasteiger partial charge in [-0.25, -0.2) is 0 Å². The van der Waals surface area contributed by atoms with Gasteiger partial charge in [-0.3, -0.25) is 14.8 Å². The third-order valence-corrected chi connectivity index (χ3v) is 1.56. The summed E-state index contributed by atoms with van der Waals surface area (Å²) in [6.07, 6.45) is 6.14. The highest BCUT2D eigenvalue weighted by atomic mass is 35.5. The molecule has 0 aliphatic rings. The highest BCUT2D eigenvalue weighted by Crippen LogP contribution is 2.07. The zero-order valence-electron chi connectivity index (χ0n) is 6.76. The summed E-state index contributed by atoms with van der Waals surface area (Å²) >= 11 is 5.40. The summed E-state index contributed by atoms with van der Waals surface area (Å²) in [5.74, 6) is 0.434. The molecular weight excluding hydrogens is 194 g/mol. The first-order valence-corrected chi connectivity index (χ1v) is 4.15. The minimum absolute atomic E-state index is 0.000673. The third kappa shape index (κ3) is 2.87. The van der Waals surface area contributed by atoms with E-state index in [2.05, 4.69) is 5.10 Å². The van der Waals surface area contributed by atoms with E-state index >= 15 is 0 Å². The quantitative estimate of drug-likeness (QED) is 0.322. The number of allylic oxidation sites excluding steroid dienone is 2. The summed E-state index contributed by atoms with van der Waals surface area (Å²) in [5.41, 5.74) is -0.000673. The van der Waals surface area contributed by atoms with E-state index in [0.717, 1.165) is 0 Å². The van der Waals surface area contributed by atoms with Gasteiger partial charge in [0.05, 0.1) is 11.5 Å². The van der Waals surface area contributed by atoms with Gasteiger partial charge in [-0.15, -0.1) is 11.6 Å². The van der Waals surface area contributed by atoms with Crippen LogP contribution in [0.3, 0.4) is 0 Å². The average Bonchev–Trinajstić information content (AvgIpc) is 2.53. The lowest BCUT2D eigenvalue weighted by Crippen LogP contribution is -1.94. The zero-order valence-corrected chi connectivity index (χ0v) is 7.52. The Balaban J connectivity index is 2.59. The summed E-state index contributed by atoms with van der Waals surface area (Å²) in [6.45, 7) is 0.501. The van der Waals surface area contributed by atoms with E-state index in [1.54, 1.807) is 12.2 Å². The molecule has 0 saturated heterocycles. The summed E-state index contributed by atoms with van der Waals surface area (Å²) in [5, 5.41) is 14.0. The van der Waals surface area contributed by atoms with Crippen LogP contribution in [0.15, 0.2) is 24.5 Å². The van der Waals surface area contributed by atoms with Crippen molar-refractivity contribution in [2.75, 3.05) is 5.88 Å². The van der Waals surface area contributed by atoms with Crippen molar-refractivity contribution in [2.24, 2.45) is 0 Å². The molecule has 1 aromatic rings. The second-order valence-electron chi connectivity index (χ2n) is 2.30. The maximum absolute atomic E-state index is 10.3. The van der Waals surface area contributed by atoms with E-state index in [1.807, 2.05) is 0 Å². The Kier molecular flexibility index (Phi) is 3.45. The van der Waals surface area contributed by atoms with Crippen molar-refractivity contribution < 1.29 is 4.92 Å². The molecule has 0 aliphatic carbocycles. The second-order valence-corrected chi connectivity index (χ2v) is 2.61. The van der Waals surface area contributed by atoms with Crippen molar-refractivity contribution in [3.05, 3.63) is 34.7 Å². The minimum atomic E-state index is -0.477. The predicted octanol–water partition coefficient (Wildman–Crippen LogP) is 1.59. The van der Waals surface area contributed by atoms with Crippen LogP contribution in [0, 0.1) is 10.1 Å². The molecule has 6 heteroatoms. The number of nitrogens with zero attached hydrogens (tertiary/aromatic N) is 3. The smallest absolute Gasteiger partial charge is 0.262 e. The molecule has 0 unspecified atom stereocenters. The molecule has 0 fully saturated rings. The van der Waals surface area contributed by atoms with E-state index in [4.69, 9.17) is 11.6 Å². The van der Waals surface area contributed by atoms with Crippen LogP contribution < -0.4 is 0 Å². The maximum Gasteiger partial charge on any atom is 0.307 e. The number of hydrogen-bond acceptors (Lipinski definition) is 3. The molecular formula is C7H8ClN3O2. The molecule has 1 heterocycles. The molecule has 70 valence electrons. The molecule has 1 aromatic heterocycles. The Morgan fingerprint density at radius 2 is 2.46 bits per heavy atom. The Morgan fingerprint density at radius 3 is 3.00 bits per heavy atom. The van der Waals surface area contributed by atoms with Crippen LogP contribution in [0.25, 0.3) is 0 Å². The van der Waals surface area contributed by atoms with Crippen molar-refractivity contribution >= 4 is 17.3 Å². The summed E-state index contributed by atoms with van der Waals surface area (Å²) in [7, 11) is 0. The van der Waals surface area contributed by atoms with E-state index in [0.29, 0.717) is 12.4 Å². The van der Waals surface area contributed by atoms with E-state index < -0.39 is 4.92 Å². The fourth-order valence-electron chi connectivity index (χ4n) is 0.792. The number of nitro groups is 1. The summed E-state index contributed by atoms with van der Waals surface area (Å²) in [6, 6.07) is 0. The molecule has 0 saturated carbocycles. The number of aromatic nitrogens is 2. The molecule has 13 heavy (non-hydrogen) atoms. The van der Waals surface area contributed by atoms with E-state index in [1.165, 1.54) is 17.1 Å². The Morgan fingerprint density at radius 1 is 1.69 bits per heavy atom. The molecule has 0 radical (unpaired) electrons. The van der Waals surface area contributed by atoms with Crippen LogP contribution in [-0.2, 0) is 6.54 Å². The largest absolute Gasteiger partial charge is 0.307 e. The third-order valence-electron chi connectivity index (χ3n) is 1.38. The van der Waals surface area contributed by atoms with Crippen LogP contribution in [-0.4, -0.2) is 20.6 Å². The maximum atomic E-state index is 10.3. The molecule has 0 bridgehead atoms. The van der Waals surface area contributed by atoms with Crippen LogP contribution in [0.4, 0.5) is 5.69 Å². The first-order valence-electron chi connectivity index (χ1n) is 3.62. The fraction of sp³-hybridized carbons (Fsp3) is 0.286. The van der Waals surface area contributed by atoms with Crippen LogP contribution >= 0.6 is 11.6 Å². The number of alkyl halides is 1. The molecule has 0 N–H and O–H groups in total. The lowest BCUT2D eigenvalue weighted by molar-refractivity contribution is -0.385. The van der Waals surface area contributed by atoms with Crippen molar-refractivity contribution in [1.29, 1.82) is 0 Å². The number of halogens is 1. The average molecular weight is 202 g/mol. The Labute approximate surface area is 79.8 Å². The van der Waals surface area contributed by atoms with Crippen molar-refractivity contribution in [3.63, 3.8) is 0 Å². The number of hydrogen-bond donors (Lipinski definition) is 0. The lowest BCUT2D eigenvalue weighted by atomic mass is 10.5. The molecule has 0 amide bonds. The number of rotatable bonds is 4. The van der Waals surface area contributed by atoms with Gasteiger partial charge in [0.2, 0.25) is 0 Å². The van der Waals surface area contributed by atoms with Gasteiger partial charge in [0.1, 0.15) is 12.4 Å². The highest BCUT2D eigenvalue weighted by Gasteiger charge is 2.06. The topological polar surface area (TPSA) is 61.0 Å². The summed E-state index contributed by atoms with van der Waals surface area (Å²) < 4.78 is 1.47. The SMILES string of the molecule is O=[N+]([O-])c1cnn(CC=CCCl)c1. The molecule has 0 aliphatic heterocycles. The van der Waals surface area contributed by atoms with Gasteiger partial charge in [-0.05, 0) is 0 Å². The van der Waals surface area contributed by atoms with E-state index in [-0.39, 0.29) is 5.69 Å². The second kappa shape index (κ2) is 4.61. The molecule has 5 nitrogen and oxygen atoms in total. The first kappa shape index (κ1) is 9.73. The molecule has 0 aromatic carbocycles. The Hall–Kier alpha value is -1.36. The Bertz CT molecular complexity index is 321. The minimum Gasteiger partial charge on any atom is -0.262 e. The van der Waals surface area contributed by atoms with Crippen LogP contribution in [0.5, 0.6) is 0 Å². The van der Waals surface area contributed by atoms with Crippen LogP contribution in [0.2, 0.25) is 0 Å². The highest BCUT2D eigenvalue weighted by molar-refractivity contribution is 6.18. The van der Waals surface area contributed by atoms with Crippen molar-refractivity contribution in [2.45, 2.75) is 6.54 Å². The molecule has 0 spiro atoms. The first-order chi connectivity index (χ1) is 6.24. The van der Waals surface area contributed by atoms with Gasteiger partial charge in [-0.2, -0.15) is 5.10 Å². The molecule has 0 atom stereocenters. The van der Waals surface area contributed by atoms with Gasteiger partial charge in [0, 0.05) is 5.88 Å². The van der Waals surface area contributed by atoms with Gasteiger partial charge < -0.3 is 0 Å². The van der Waals surface area contributed by atoms with Crippen LogP contribution in [0.1, 0.15) is 0 Å². The fourth-order valence-corrected chi connectivity index (χ4v) is 0.918. The van der Waals surface area contributed by atoms with Crippen molar-refractivity contribution in [1.82, 2.24) is 9.78 Å². The van der Waals surface area contributed by atoms with Gasteiger partial charge in [-0.1, -0.05) is 12.2 Å². The standard InChI is InChI=1S/C7H8ClN3O2/c8-3-1-2-4-10-6-7(5-9-10)11(12)13/h1-2,5-6H,3-4H2. The monoisotopic (exact) mass is 201 g/mol. The predicted molar refractivity (Wildman–Crippen MR) is 48.7 cm³/mol. The molecule has 1 rings (SSSR count). The lowest BCUT2D eigenvalue weighted by Gasteiger charge is -1.91. The zero-order chi connectivity index (χ0) is 9.68. The normalized spacial score (nSPS) is 10.8. The van der Waals surface area contributed by atoms with Crippen molar-refractivity contribution in [3.8, 4) is 0 Å². The van der Waals surface area contributed by atoms with E-state index in [9.17, 15) is 10.1 Å². The van der Waals surface area contributed by atoms with Gasteiger partial charge >= 0.3 is 5.69 Å².